The fourth-order valence-electron chi connectivity index (χ4n) is 7.33. The molecule has 10 rings (SSSR count). The van der Waals surface area contributed by atoms with Crippen molar-refractivity contribution in [3.05, 3.63) is 176 Å². The number of aromatic nitrogens is 5. The zero-order chi connectivity index (χ0) is 34.4. The van der Waals surface area contributed by atoms with E-state index in [1.54, 1.807) is 0 Å². The number of hydrogen-bond donors (Lipinski definition) is 0. The van der Waals surface area contributed by atoms with Crippen LogP contribution in [0.3, 0.4) is 0 Å². The summed E-state index contributed by atoms with van der Waals surface area (Å²) in [5, 5.41) is 7.71. The number of benzene rings is 7. The molecule has 0 aliphatic heterocycles. The van der Waals surface area contributed by atoms with Crippen LogP contribution in [0.4, 0.5) is 0 Å². The maximum Gasteiger partial charge on any atom is 0.164 e. The average Bonchev–Trinajstić information content (AvgIpc) is 3.22. The van der Waals surface area contributed by atoms with E-state index in [1.165, 1.54) is 0 Å². The highest BCUT2D eigenvalue weighted by atomic mass is 15.0. The first-order valence-corrected chi connectivity index (χ1v) is 17.3. The summed E-state index contributed by atoms with van der Waals surface area (Å²) >= 11 is 0. The second kappa shape index (κ2) is 12.3. The van der Waals surface area contributed by atoms with Crippen molar-refractivity contribution in [2.75, 3.05) is 0 Å². The summed E-state index contributed by atoms with van der Waals surface area (Å²) in [7, 11) is 0. The molecule has 0 aliphatic carbocycles. The minimum absolute atomic E-state index is 0.586. The summed E-state index contributed by atoms with van der Waals surface area (Å²) in [6.07, 6.45) is 3.76. The van der Waals surface area contributed by atoms with E-state index < -0.39 is 0 Å². The van der Waals surface area contributed by atoms with Crippen molar-refractivity contribution < 1.29 is 0 Å². The van der Waals surface area contributed by atoms with Crippen LogP contribution in [0.15, 0.2) is 176 Å². The SMILES string of the molecule is c1ccc2c(-c3nc(-c4cc(-c5nccc6ccccc56)cc(-c5ccnc6ccccc56)c4)nc(-c4cccc5ccccc45)n3)cccc2c1. The lowest BCUT2D eigenvalue weighted by molar-refractivity contribution is 1.08. The summed E-state index contributed by atoms with van der Waals surface area (Å²) < 4.78 is 0. The van der Waals surface area contributed by atoms with Crippen LogP contribution >= 0.6 is 0 Å². The molecule has 7 aromatic carbocycles. The van der Waals surface area contributed by atoms with Gasteiger partial charge in [0.05, 0.1) is 11.2 Å². The molecule has 0 fully saturated rings. The Morgan fingerprint density at radius 2 is 0.808 bits per heavy atom. The van der Waals surface area contributed by atoms with E-state index in [0.29, 0.717) is 17.5 Å². The summed E-state index contributed by atoms with van der Waals surface area (Å²) in [5.41, 5.74) is 7.69. The Hall–Kier alpha value is -7.11. The maximum absolute atomic E-state index is 5.27. The highest BCUT2D eigenvalue weighted by Gasteiger charge is 2.18. The zero-order valence-corrected chi connectivity index (χ0v) is 28.0. The van der Waals surface area contributed by atoms with Gasteiger partial charge in [-0.1, -0.05) is 127 Å². The Morgan fingerprint density at radius 1 is 0.308 bits per heavy atom. The molecule has 10 aromatic rings. The van der Waals surface area contributed by atoms with E-state index in [-0.39, 0.29) is 0 Å². The maximum atomic E-state index is 5.27. The molecule has 0 radical (unpaired) electrons. The largest absolute Gasteiger partial charge is 0.256 e. The first kappa shape index (κ1) is 29.8. The van der Waals surface area contributed by atoms with E-state index >= 15 is 0 Å². The lowest BCUT2D eigenvalue weighted by Crippen LogP contribution is -2.01. The number of hydrogen-bond acceptors (Lipinski definition) is 5. The molecule has 242 valence electrons. The van der Waals surface area contributed by atoms with Gasteiger partial charge in [-0.3, -0.25) is 9.97 Å². The highest BCUT2D eigenvalue weighted by molar-refractivity contribution is 6.00. The first-order chi connectivity index (χ1) is 25.8. The topological polar surface area (TPSA) is 64.5 Å². The number of fused-ring (bicyclic) bond motifs is 4. The number of rotatable bonds is 5. The van der Waals surface area contributed by atoms with E-state index in [4.69, 9.17) is 19.9 Å². The van der Waals surface area contributed by atoms with Crippen molar-refractivity contribution in [2.24, 2.45) is 0 Å². The molecule has 0 saturated heterocycles. The summed E-state index contributed by atoms with van der Waals surface area (Å²) in [6, 6.07) is 56.7. The molecule has 0 bridgehead atoms. The van der Waals surface area contributed by atoms with Crippen LogP contribution in [0.2, 0.25) is 0 Å². The van der Waals surface area contributed by atoms with Gasteiger partial charge in [-0.25, -0.2) is 15.0 Å². The monoisotopic (exact) mass is 663 g/mol. The molecule has 3 heterocycles. The van der Waals surface area contributed by atoms with Crippen molar-refractivity contribution in [2.45, 2.75) is 0 Å². The Kier molecular flexibility index (Phi) is 7.07. The standard InChI is InChI=1S/C47H29N5/c1-4-16-36-30(11-1)14-9-20-41(36)46-50-45(51-47(52-46)42-21-10-15-31-12-2-5-17-37(31)42)35-28-33(38-24-26-48-43-22-8-7-19-40(38)43)27-34(29-35)44-39-18-6-3-13-32(39)23-25-49-44/h1-29H. The lowest BCUT2D eigenvalue weighted by atomic mass is 9.94. The molecule has 0 amide bonds. The van der Waals surface area contributed by atoms with Crippen molar-refractivity contribution in [3.8, 4) is 56.5 Å². The summed E-state index contributed by atoms with van der Waals surface area (Å²) in [6.45, 7) is 0. The van der Waals surface area contributed by atoms with E-state index in [2.05, 4.69) is 163 Å². The molecule has 0 atom stereocenters. The van der Waals surface area contributed by atoms with Crippen molar-refractivity contribution >= 4 is 43.2 Å². The van der Waals surface area contributed by atoms with Gasteiger partial charge in [-0.15, -0.1) is 0 Å². The second-order valence-corrected chi connectivity index (χ2v) is 12.9. The second-order valence-electron chi connectivity index (χ2n) is 12.9. The molecule has 5 nitrogen and oxygen atoms in total. The number of para-hydroxylation sites is 1. The zero-order valence-electron chi connectivity index (χ0n) is 28.0. The van der Waals surface area contributed by atoms with Gasteiger partial charge in [0.2, 0.25) is 0 Å². The molecule has 5 heteroatoms. The van der Waals surface area contributed by atoms with Crippen LogP contribution in [-0.4, -0.2) is 24.9 Å². The summed E-state index contributed by atoms with van der Waals surface area (Å²) in [5.74, 6) is 1.83. The Labute approximate surface area is 300 Å². The highest BCUT2D eigenvalue weighted by Crippen LogP contribution is 2.38. The van der Waals surface area contributed by atoms with Crippen molar-refractivity contribution in [1.82, 2.24) is 24.9 Å². The van der Waals surface area contributed by atoms with Gasteiger partial charge >= 0.3 is 0 Å². The molecule has 3 aromatic heterocycles. The molecule has 0 saturated carbocycles. The minimum atomic E-state index is 0.586. The lowest BCUT2D eigenvalue weighted by Gasteiger charge is -2.15. The Balaban J connectivity index is 1.28. The van der Waals surface area contributed by atoms with Gasteiger partial charge in [-0.05, 0) is 74.5 Å². The van der Waals surface area contributed by atoms with Crippen LogP contribution < -0.4 is 0 Å². The van der Waals surface area contributed by atoms with Crippen LogP contribution in [0.25, 0.3) is 99.8 Å². The van der Waals surface area contributed by atoms with Crippen LogP contribution in [0.1, 0.15) is 0 Å². The molecule has 0 N–H and O–H groups in total. The molecular weight excluding hydrogens is 635 g/mol. The Bertz CT molecular complexity index is 2570. The molecular formula is C47H29N5. The van der Waals surface area contributed by atoms with Crippen LogP contribution in [0.5, 0.6) is 0 Å². The number of pyridine rings is 2. The van der Waals surface area contributed by atoms with Crippen molar-refractivity contribution in [3.63, 3.8) is 0 Å². The smallest absolute Gasteiger partial charge is 0.164 e. The molecule has 0 spiro atoms. The molecule has 52 heavy (non-hydrogen) atoms. The van der Waals surface area contributed by atoms with Crippen LogP contribution in [-0.2, 0) is 0 Å². The third-order valence-electron chi connectivity index (χ3n) is 9.79. The van der Waals surface area contributed by atoms with Gasteiger partial charge < -0.3 is 0 Å². The average molecular weight is 664 g/mol. The normalized spacial score (nSPS) is 11.5. The number of nitrogens with zero attached hydrogens (tertiary/aromatic N) is 5. The summed E-state index contributed by atoms with van der Waals surface area (Å²) in [4.78, 5) is 25.3. The fraction of sp³-hybridized carbons (Fsp3) is 0. The van der Waals surface area contributed by atoms with Gasteiger partial charge in [-0.2, -0.15) is 0 Å². The first-order valence-electron chi connectivity index (χ1n) is 17.3. The van der Waals surface area contributed by atoms with Crippen molar-refractivity contribution in [1.29, 1.82) is 0 Å². The van der Waals surface area contributed by atoms with E-state index in [9.17, 15) is 0 Å². The van der Waals surface area contributed by atoms with Gasteiger partial charge in [0.1, 0.15) is 0 Å². The molecule has 0 unspecified atom stereocenters. The van der Waals surface area contributed by atoms with Gasteiger partial charge in [0.25, 0.3) is 0 Å². The van der Waals surface area contributed by atoms with E-state index in [0.717, 1.165) is 82.3 Å². The van der Waals surface area contributed by atoms with E-state index in [1.807, 2.05) is 18.5 Å². The predicted molar refractivity (Wildman–Crippen MR) is 213 cm³/mol. The molecule has 0 aliphatic rings. The third-order valence-corrected chi connectivity index (χ3v) is 9.79. The third kappa shape index (κ3) is 5.15. The van der Waals surface area contributed by atoms with Gasteiger partial charge in [0, 0.05) is 45.4 Å². The minimum Gasteiger partial charge on any atom is -0.256 e. The quantitative estimate of drug-likeness (QED) is 0.183. The predicted octanol–water partition coefficient (Wildman–Crippen LogP) is 11.6. The van der Waals surface area contributed by atoms with Crippen LogP contribution in [0, 0.1) is 0 Å². The fourth-order valence-corrected chi connectivity index (χ4v) is 7.33. The van der Waals surface area contributed by atoms with Gasteiger partial charge in [0.15, 0.2) is 17.5 Å². The Morgan fingerprint density at radius 3 is 1.50 bits per heavy atom.